The molecule has 0 bridgehead atoms. The summed E-state index contributed by atoms with van der Waals surface area (Å²) in [7, 11) is 0. The van der Waals surface area contributed by atoms with E-state index in [1.807, 2.05) is 0 Å². The van der Waals surface area contributed by atoms with Crippen molar-refractivity contribution in [2.45, 2.75) is 12.8 Å². The van der Waals surface area contributed by atoms with E-state index in [1.165, 1.54) is 24.3 Å². The van der Waals surface area contributed by atoms with Gasteiger partial charge in [0.2, 0.25) is 0 Å². The number of carbonyl (C=O) groups excluding carboxylic acids is 1. The van der Waals surface area contributed by atoms with Crippen LogP contribution in [0.4, 0.5) is 24.5 Å². The average Bonchev–Trinajstić information content (AvgIpc) is 3.16. The Morgan fingerprint density at radius 3 is 2.63 bits per heavy atom. The number of amides is 1. The molecule has 0 saturated carbocycles. The lowest BCUT2D eigenvalue weighted by Crippen LogP contribution is -2.12. The summed E-state index contributed by atoms with van der Waals surface area (Å²) in [6.07, 6.45) is -4.57. The topological polar surface area (TPSA) is 81.5 Å². The van der Waals surface area contributed by atoms with Gasteiger partial charge in [-0.05, 0) is 35.7 Å². The summed E-state index contributed by atoms with van der Waals surface area (Å²) >= 11 is 6.93. The lowest BCUT2D eigenvalue weighted by Gasteiger charge is -2.11. The van der Waals surface area contributed by atoms with Crippen LogP contribution in [0.5, 0.6) is 5.75 Å². The van der Waals surface area contributed by atoms with E-state index in [4.69, 9.17) is 16.3 Å². The zero-order chi connectivity index (χ0) is 21.9. The predicted octanol–water partition coefficient (Wildman–Crippen LogP) is 6.16. The van der Waals surface area contributed by atoms with Crippen LogP contribution in [0, 0.1) is 10.1 Å². The first-order valence-corrected chi connectivity index (χ1v) is 9.52. The maximum atomic E-state index is 12.9. The summed E-state index contributed by atoms with van der Waals surface area (Å²) in [6.45, 7) is -0.0288. The van der Waals surface area contributed by atoms with Crippen molar-refractivity contribution in [3.8, 4) is 5.75 Å². The summed E-state index contributed by atoms with van der Waals surface area (Å²) in [5.74, 6) is -0.561. The third-order valence-corrected chi connectivity index (χ3v) is 5.18. The molecule has 1 amide bonds. The van der Waals surface area contributed by atoms with Crippen molar-refractivity contribution in [2.24, 2.45) is 0 Å². The van der Waals surface area contributed by atoms with Crippen molar-refractivity contribution in [3.05, 3.63) is 85.1 Å². The molecule has 0 atom stereocenters. The van der Waals surface area contributed by atoms with E-state index in [1.54, 1.807) is 11.4 Å². The standard InChI is InChI=1S/C19H12ClF3N2O4S/c20-13-6-5-12(19(21,22)23)8-14(13)24-18(26)17-7-11(10-30-17)9-29-16-4-2-1-3-15(16)25(27)28/h1-8,10H,9H2,(H,24,26). The molecular formula is C19H12ClF3N2O4S. The monoisotopic (exact) mass is 456 g/mol. The first kappa shape index (κ1) is 21.6. The SMILES string of the molecule is O=C(Nc1cc(C(F)(F)F)ccc1Cl)c1cc(COc2ccccc2[N+](=O)[O-])cs1. The molecule has 1 heterocycles. The minimum absolute atomic E-state index is 0.0288. The summed E-state index contributed by atoms with van der Waals surface area (Å²) in [6, 6.07) is 9.98. The van der Waals surface area contributed by atoms with Crippen LogP contribution < -0.4 is 10.1 Å². The Kier molecular flexibility index (Phi) is 6.28. The molecule has 3 aromatic rings. The van der Waals surface area contributed by atoms with Gasteiger partial charge in [-0.3, -0.25) is 14.9 Å². The Morgan fingerprint density at radius 1 is 1.20 bits per heavy atom. The number of nitrogens with zero attached hydrogens (tertiary/aromatic N) is 1. The van der Waals surface area contributed by atoms with E-state index in [9.17, 15) is 28.1 Å². The number of halogens is 4. The van der Waals surface area contributed by atoms with E-state index in [2.05, 4.69) is 5.32 Å². The molecule has 0 fully saturated rings. The van der Waals surface area contributed by atoms with Gasteiger partial charge in [-0.2, -0.15) is 13.2 Å². The first-order chi connectivity index (χ1) is 14.1. The fraction of sp³-hybridized carbons (Fsp3) is 0.105. The van der Waals surface area contributed by atoms with Crippen LogP contribution in [0.2, 0.25) is 5.02 Å². The number of nitro benzene ring substituents is 1. The van der Waals surface area contributed by atoms with Crippen LogP contribution >= 0.6 is 22.9 Å². The van der Waals surface area contributed by atoms with Gasteiger partial charge in [-0.15, -0.1) is 11.3 Å². The van der Waals surface area contributed by atoms with E-state index in [0.29, 0.717) is 5.56 Å². The van der Waals surface area contributed by atoms with Gasteiger partial charge in [0.15, 0.2) is 5.75 Å². The summed E-state index contributed by atoms with van der Waals surface area (Å²) in [5, 5.41) is 14.9. The Labute approximate surface area is 177 Å². The van der Waals surface area contributed by atoms with Crippen LogP contribution in [0.3, 0.4) is 0 Å². The van der Waals surface area contributed by atoms with Gasteiger partial charge in [0.1, 0.15) is 6.61 Å². The van der Waals surface area contributed by atoms with Gasteiger partial charge < -0.3 is 10.1 Å². The lowest BCUT2D eigenvalue weighted by atomic mass is 10.2. The summed E-state index contributed by atoms with van der Waals surface area (Å²) < 4.78 is 44.0. The highest BCUT2D eigenvalue weighted by atomic mass is 35.5. The molecule has 30 heavy (non-hydrogen) atoms. The highest BCUT2D eigenvalue weighted by molar-refractivity contribution is 7.12. The molecule has 0 aliphatic carbocycles. The van der Waals surface area contributed by atoms with Crippen LogP contribution in [0.15, 0.2) is 53.9 Å². The van der Waals surface area contributed by atoms with Crippen molar-refractivity contribution in [1.29, 1.82) is 0 Å². The van der Waals surface area contributed by atoms with Crippen LogP contribution in [-0.2, 0) is 12.8 Å². The number of benzene rings is 2. The zero-order valence-corrected chi connectivity index (χ0v) is 16.5. The van der Waals surface area contributed by atoms with E-state index in [-0.39, 0.29) is 33.6 Å². The number of ether oxygens (including phenoxy) is 1. The Hall–Kier alpha value is -3.11. The minimum atomic E-state index is -4.57. The quantitative estimate of drug-likeness (QED) is 0.356. The fourth-order valence-corrected chi connectivity index (χ4v) is 3.40. The highest BCUT2D eigenvalue weighted by Gasteiger charge is 2.31. The molecular weight excluding hydrogens is 445 g/mol. The second-order valence-corrected chi connectivity index (χ2v) is 7.30. The second-order valence-electron chi connectivity index (χ2n) is 5.98. The molecule has 2 aromatic carbocycles. The van der Waals surface area contributed by atoms with Crippen LogP contribution in [0.25, 0.3) is 0 Å². The van der Waals surface area contributed by atoms with Crippen LogP contribution in [0.1, 0.15) is 20.8 Å². The maximum absolute atomic E-state index is 12.9. The number of carbonyl (C=O) groups is 1. The number of nitrogens with one attached hydrogen (secondary N) is 1. The van der Waals surface area contributed by atoms with Crippen molar-refractivity contribution in [3.63, 3.8) is 0 Å². The van der Waals surface area contributed by atoms with Gasteiger partial charge >= 0.3 is 11.9 Å². The molecule has 0 radical (unpaired) electrons. The van der Waals surface area contributed by atoms with Gasteiger partial charge in [0.25, 0.3) is 5.91 Å². The molecule has 0 aliphatic heterocycles. The molecule has 0 unspecified atom stereocenters. The number of rotatable bonds is 6. The molecule has 3 rings (SSSR count). The van der Waals surface area contributed by atoms with Crippen LogP contribution in [-0.4, -0.2) is 10.8 Å². The number of nitro groups is 1. The fourth-order valence-electron chi connectivity index (χ4n) is 2.44. The van der Waals surface area contributed by atoms with Crippen molar-refractivity contribution in [1.82, 2.24) is 0 Å². The van der Waals surface area contributed by atoms with Gasteiger partial charge in [-0.25, -0.2) is 0 Å². The number of thiophene rings is 1. The zero-order valence-electron chi connectivity index (χ0n) is 14.9. The molecule has 11 heteroatoms. The number of para-hydroxylation sites is 2. The predicted molar refractivity (Wildman–Crippen MR) is 106 cm³/mol. The smallest absolute Gasteiger partial charge is 0.416 e. The maximum Gasteiger partial charge on any atom is 0.416 e. The second kappa shape index (κ2) is 8.72. The third-order valence-electron chi connectivity index (χ3n) is 3.88. The van der Waals surface area contributed by atoms with Crippen molar-refractivity contribution < 1.29 is 27.6 Å². The minimum Gasteiger partial charge on any atom is -0.482 e. The van der Waals surface area contributed by atoms with E-state index in [0.717, 1.165) is 29.5 Å². The summed E-state index contributed by atoms with van der Waals surface area (Å²) in [5.41, 5.74) is -0.724. The molecule has 0 spiro atoms. The van der Waals surface area contributed by atoms with E-state index < -0.39 is 22.6 Å². The molecule has 0 saturated heterocycles. The number of hydrogen-bond acceptors (Lipinski definition) is 5. The van der Waals surface area contributed by atoms with Crippen molar-refractivity contribution in [2.75, 3.05) is 5.32 Å². The molecule has 6 nitrogen and oxygen atoms in total. The molecule has 156 valence electrons. The normalized spacial score (nSPS) is 11.2. The van der Waals surface area contributed by atoms with Gasteiger partial charge in [0.05, 0.1) is 26.1 Å². The Morgan fingerprint density at radius 2 is 1.93 bits per heavy atom. The molecule has 1 aromatic heterocycles. The summed E-state index contributed by atoms with van der Waals surface area (Å²) in [4.78, 5) is 23.0. The highest BCUT2D eigenvalue weighted by Crippen LogP contribution is 2.34. The average molecular weight is 457 g/mol. The molecule has 0 aliphatic rings. The van der Waals surface area contributed by atoms with Gasteiger partial charge in [0, 0.05) is 11.6 Å². The number of alkyl halides is 3. The molecule has 1 N–H and O–H groups in total. The number of anilines is 1. The lowest BCUT2D eigenvalue weighted by molar-refractivity contribution is -0.385. The third kappa shape index (κ3) is 5.08. The van der Waals surface area contributed by atoms with E-state index >= 15 is 0 Å². The Balaban J connectivity index is 1.70. The first-order valence-electron chi connectivity index (χ1n) is 8.27. The Bertz CT molecular complexity index is 1100. The van der Waals surface area contributed by atoms with Crippen molar-refractivity contribution >= 4 is 40.2 Å². The number of hydrogen-bond donors (Lipinski definition) is 1. The largest absolute Gasteiger partial charge is 0.482 e. The van der Waals surface area contributed by atoms with Gasteiger partial charge in [-0.1, -0.05) is 23.7 Å².